The van der Waals surface area contributed by atoms with Crippen LogP contribution in [0.25, 0.3) is 0 Å². The van der Waals surface area contributed by atoms with Crippen LogP contribution in [0.5, 0.6) is 0 Å². The van der Waals surface area contributed by atoms with Gasteiger partial charge < -0.3 is 10.0 Å². The molecular weight excluding hydrogens is 238 g/mol. The average Bonchev–Trinajstić information content (AvgIpc) is 2.23. The van der Waals surface area contributed by atoms with E-state index in [-0.39, 0.29) is 11.8 Å². The summed E-state index contributed by atoms with van der Waals surface area (Å²) in [4.78, 5) is 14.1. The predicted molar refractivity (Wildman–Crippen MR) is 78.9 cm³/mol. The SMILES string of the molecule is CCC(CCCCC(C)(C)C)C(=O)N1CC(C)(O)C1. The van der Waals surface area contributed by atoms with Crippen LogP contribution in [0.3, 0.4) is 0 Å². The summed E-state index contributed by atoms with van der Waals surface area (Å²) in [5.41, 5.74) is -0.262. The fourth-order valence-corrected chi connectivity index (χ4v) is 2.74. The highest BCUT2D eigenvalue weighted by atomic mass is 16.3. The smallest absolute Gasteiger partial charge is 0.225 e. The molecular formula is C16H31NO2. The third-order valence-corrected chi connectivity index (χ3v) is 3.95. The second-order valence-corrected chi connectivity index (χ2v) is 7.60. The predicted octanol–water partition coefficient (Wildman–Crippen LogP) is 3.21. The Balaban J connectivity index is 2.28. The highest BCUT2D eigenvalue weighted by molar-refractivity contribution is 5.79. The highest BCUT2D eigenvalue weighted by Crippen LogP contribution is 2.27. The number of nitrogens with zero attached hydrogens (tertiary/aromatic N) is 1. The van der Waals surface area contributed by atoms with Gasteiger partial charge in [-0.1, -0.05) is 40.5 Å². The van der Waals surface area contributed by atoms with E-state index in [0.717, 1.165) is 19.3 Å². The Labute approximate surface area is 118 Å². The molecule has 1 atom stereocenters. The summed E-state index contributed by atoms with van der Waals surface area (Å²) in [6.07, 6.45) is 5.45. The monoisotopic (exact) mass is 269 g/mol. The topological polar surface area (TPSA) is 40.5 Å². The molecule has 1 amide bonds. The van der Waals surface area contributed by atoms with Crippen molar-refractivity contribution >= 4 is 5.91 Å². The van der Waals surface area contributed by atoms with Gasteiger partial charge in [-0.3, -0.25) is 4.79 Å². The number of unbranched alkanes of at least 4 members (excludes halogenated alkanes) is 1. The Hall–Kier alpha value is -0.570. The summed E-state index contributed by atoms with van der Waals surface area (Å²) in [7, 11) is 0. The number of amides is 1. The lowest BCUT2D eigenvalue weighted by Gasteiger charge is -2.45. The first-order valence-corrected chi connectivity index (χ1v) is 7.66. The van der Waals surface area contributed by atoms with Crippen molar-refractivity contribution in [2.24, 2.45) is 11.3 Å². The van der Waals surface area contributed by atoms with Crippen molar-refractivity contribution in [1.82, 2.24) is 4.90 Å². The minimum atomic E-state index is -0.653. The van der Waals surface area contributed by atoms with Crippen LogP contribution < -0.4 is 0 Å². The van der Waals surface area contributed by atoms with Gasteiger partial charge >= 0.3 is 0 Å². The van der Waals surface area contributed by atoms with E-state index < -0.39 is 5.60 Å². The average molecular weight is 269 g/mol. The summed E-state index contributed by atoms with van der Waals surface area (Å²) in [6, 6.07) is 0. The van der Waals surface area contributed by atoms with Crippen LogP contribution in [0.2, 0.25) is 0 Å². The molecule has 1 aliphatic rings. The number of aliphatic hydroxyl groups is 1. The van der Waals surface area contributed by atoms with Crippen LogP contribution in [-0.4, -0.2) is 34.6 Å². The molecule has 1 N–H and O–H groups in total. The van der Waals surface area contributed by atoms with E-state index in [0.29, 0.717) is 18.5 Å². The molecule has 0 aromatic rings. The molecule has 1 saturated heterocycles. The number of hydrogen-bond acceptors (Lipinski definition) is 2. The lowest BCUT2D eigenvalue weighted by atomic mass is 9.87. The van der Waals surface area contributed by atoms with Gasteiger partial charge in [0.1, 0.15) is 0 Å². The second-order valence-electron chi connectivity index (χ2n) is 7.60. The van der Waals surface area contributed by atoms with Gasteiger partial charge in [-0.2, -0.15) is 0 Å². The van der Waals surface area contributed by atoms with Crippen LogP contribution in [0.15, 0.2) is 0 Å². The molecule has 1 heterocycles. The Morgan fingerprint density at radius 1 is 1.32 bits per heavy atom. The molecule has 0 radical (unpaired) electrons. The van der Waals surface area contributed by atoms with Crippen molar-refractivity contribution in [2.75, 3.05) is 13.1 Å². The van der Waals surface area contributed by atoms with E-state index in [1.807, 2.05) is 0 Å². The molecule has 112 valence electrons. The summed E-state index contributed by atoms with van der Waals surface area (Å²) in [5, 5.41) is 9.70. The fraction of sp³-hybridized carbons (Fsp3) is 0.938. The van der Waals surface area contributed by atoms with Crippen molar-refractivity contribution < 1.29 is 9.90 Å². The van der Waals surface area contributed by atoms with E-state index in [2.05, 4.69) is 27.7 Å². The zero-order valence-corrected chi connectivity index (χ0v) is 13.3. The summed E-state index contributed by atoms with van der Waals surface area (Å²) in [5.74, 6) is 0.390. The summed E-state index contributed by atoms with van der Waals surface area (Å²) >= 11 is 0. The number of carbonyl (C=O) groups is 1. The quantitative estimate of drug-likeness (QED) is 0.752. The van der Waals surface area contributed by atoms with E-state index in [4.69, 9.17) is 0 Å². The molecule has 1 unspecified atom stereocenters. The Morgan fingerprint density at radius 3 is 2.32 bits per heavy atom. The maximum absolute atomic E-state index is 12.3. The molecule has 0 saturated carbocycles. The molecule has 0 aliphatic carbocycles. The first-order valence-electron chi connectivity index (χ1n) is 7.66. The summed E-state index contributed by atoms with van der Waals surface area (Å²) in [6.45, 7) is 11.7. The maximum atomic E-state index is 12.3. The third-order valence-electron chi connectivity index (χ3n) is 3.95. The molecule has 19 heavy (non-hydrogen) atoms. The number of carbonyl (C=O) groups excluding carboxylic acids is 1. The van der Waals surface area contributed by atoms with Gasteiger partial charge in [0.05, 0.1) is 18.7 Å². The normalized spacial score (nSPS) is 20.0. The Kier molecular flexibility index (Phi) is 5.43. The Bertz CT molecular complexity index is 296. The second kappa shape index (κ2) is 6.25. The van der Waals surface area contributed by atoms with Crippen LogP contribution >= 0.6 is 0 Å². The van der Waals surface area contributed by atoms with Gasteiger partial charge in [0.25, 0.3) is 0 Å². The highest BCUT2D eigenvalue weighted by Gasteiger charge is 2.40. The molecule has 0 aromatic heterocycles. The third kappa shape index (κ3) is 5.52. The van der Waals surface area contributed by atoms with Gasteiger partial charge in [-0.05, 0) is 31.6 Å². The fourth-order valence-electron chi connectivity index (χ4n) is 2.74. The van der Waals surface area contributed by atoms with Crippen molar-refractivity contribution in [2.45, 2.75) is 72.3 Å². The molecule has 3 heteroatoms. The van der Waals surface area contributed by atoms with Crippen LogP contribution in [0.1, 0.15) is 66.7 Å². The molecule has 0 aromatic carbocycles. The van der Waals surface area contributed by atoms with Crippen LogP contribution in [0, 0.1) is 11.3 Å². The zero-order valence-electron chi connectivity index (χ0n) is 13.3. The first-order chi connectivity index (χ1) is 8.64. The van der Waals surface area contributed by atoms with Gasteiger partial charge in [0.15, 0.2) is 0 Å². The van der Waals surface area contributed by atoms with E-state index in [1.54, 1.807) is 11.8 Å². The molecule has 1 aliphatic heterocycles. The standard InChI is InChI=1S/C16H31NO2/c1-6-13(9-7-8-10-15(2,3)4)14(18)17-11-16(5,19)12-17/h13,19H,6-12H2,1-5H3. The van der Waals surface area contributed by atoms with Gasteiger partial charge in [0.2, 0.25) is 5.91 Å². The van der Waals surface area contributed by atoms with E-state index in [9.17, 15) is 9.90 Å². The van der Waals surface area contributed by atoms with Crippen LogP contribution in [-0.2, 0) is 4.79 Å². The largest absolute Gasteiger partial charge is 0.386 e. The lowest BCUT2D eigenvalue weighted by Crippen LogP contribution is -2.62. The number of β-amino-alcohol motifs (C(OH)–C–C–N with tert-alkyl or cyclic N) is 1. The van der Waals surface area contributed by atoms with Crippen LogP contribution in [0.4, 0.5) is 0 Å². The minimum absolute atomic E-state index is 0.149. The van der Waals surface area contributed by atoms with Crippen molar-refractivity contribution in [1.29, 1.82) is 0 Å². The molecule has 1 fully saturated rings. The number of rotatable bonds is 6. The van der Waals surface area contributed by atoms with Crippen molar-refractivity contribution in [3.05, 3.63) is 0 Å². The lowest BCUT2D eigenvalue weighted by molar-refractivity contribution is -0.157. The zero-order chi connectivity index (χ0) is 14.7. The first kappa shape index (κ1) is 16.5. The van der Waals surface area contributed by atoms with E-state index >= 15 is 0 Å². The molecule has 3 nitrogen and oxygen atoms in total. The maximum Gasteiger partial charge on any atom is 0.225 e. The molecule has 0 spiro atoms. The number of likely N-dealkylation sites (tertiary alicyclic amines) is 1. The number of hydrogen-bond donors (Lipinski definition) is 1. The van der Waals surface area contributed by atoms with E-state index in [1.165, 1.54) is 12.8 Å². The molecule has 0 bridgehead atoms. The Morgan fingerprint density at radius 2 is 1.89 bits per heavy atom. The van der Waals surface area contributed by atoms with Gasteiger partial charge in [-0.15, -0.1) is 0 Å². The van der Waals surface area contributed by atoms with Gasteiger partial charge in [-0.25, -0.2) is 0 Å². The molecule has 1 rings (SSSR count). The van der Waals surface area contributed by atoms with Crippen molar-refractivity contribution in [3.8, 4) is 0 Å². The van der Waals surface area contributed by atoms with Crippen molar-refractivity contribution in [3.63, 3.8) is 0 Å². The summed E-state index contributed by atoms with van der Waals surface area (Å²) < 4.78 is 0. The van der Waals surface area contributed by atoms with Gasteiger partial charge in [0, 0.05) is 5.92 Å². The minimum Gasteiger partial charge on any atom is -0.386 e.